The molecule has 11 rings (SSSR count). The zero-order valence-electron chi connectivity index (χ0n) is 28.3. The molecule has 1 fully saturated rings. The summed E-state index contributed by atoms with van der Waals surface area (Å²) in [7, 11) is 0. The second-order valence-corrected chi connectivity index (χ2v) is 15.9. The van der Waals surface area contributed by atoms with E-state index >= 15 is 0 Å². The van der Waals surface area contributed by atoms with Crippen LogP contribution in [0.3, 0.4) is 0 Å². The van der Waals surface area contributed by atoms with Crippen LogP contribution in [-0.2, 0) is 5.41 Å². The molecule has 1 aromatic heterocycles. The highest BCUT2D eigenvalue weighted by molar-refractivity contribution is 6.97. The molecule has 0 bridgehead atoms. The molecule has 6 aromatic rings. The van der Waals surface area contributed by atoms with Gasteiger partial charge in [-0.2, -0.15) is 0 Å². The van der Waals surface area contributed by atoms with Crippen LogP contribution in [0.2, 0.25) is 0 Å². The highest BCUT2D eigenvalue weighted by Gasteiger charge is 2.62. The van der Waals surface area contributed by atoms with Gasteiger partial charge in [0.2, 0.25) is 6.71 Å². The number of rotatable bonds is 2. The fourth-order valence-electron chi connectivity index (χ4n) is 11.4. The maximum absolute atomic E-state index is 2.85. The van der Waals surface area contributed by atoms with Crippen molar-refractivity contribution in [3.05, 3.63) is 137 Å². The number of anilines is 2. The van der Waals surface area contributed by atoms with Gasteiger partial charge in [-0.25, -0.2) is 0 Å². The number of nitrogens with zero attached hydrogens (tertiary/aromatic N) is 2. The number of hydrogen-bond acceptors (Lipinski definition) is 1. The Balaban J connectivity index is 1.35. The number of hydrogen-bond donors (Lipinski definition) is 0. The SMILES string of the molecule is CC1(C)C2=C(C(c3ccccc3)=C1c1ccccc1)n1c3ccccc3c3ccc4c(c31)B2c1cccc2c1N4C1(C)CCCCC21C. The predicted molar refractivity (Wildman–Crippen MR) is 204 cm³/mol. The molecule has 3 heteroatoms. The molecule has 3 aliphatic heterocycles. The molecule has 0 N–H and O–H groups in total. The van der Waals surface area contributed by atoms with E-state index in [1.165, 1.54) is 97.8 Å². The summed E-state index contributed by atoms with van der Waals surface area (Å²) in [5, 5.41) is 2.71. The van der Waals surface area contributed by atoms with Gasteiger partial charge in [0.25, 0.3) is 0 Å². The lowest BCUT2D eigenvalue weighted by molar-refractivity contribution is 0.195. The van der Waals surface area contributed by atoms with Crippen molar-refractivity contribution < 1.29 is 0 Å². The number of para-hydroxylation sites is 2. The standard InChI is InChI=1S/C45H39BN2/c1-43(2)37(29-18-9-6-10-19-29)36(28-16-7-5-8-17-28)41-42(43)46-33-22-15-21-32-40(33)48(45(4)27-14-13-26-44(32,45)3)35-25-24-31-30-20-11-12-23-34(30)47(41)39(31)38(35)46/h5-12,15-25H,13-14,26-27H2,1-4H3. The summed E-state index contributed by atoms with van der Waals surface area (Å²) in [6, 6.07) is 43.9. The van der Waals surface area contributed by atoms with Crippen molar-refractivity contribution in [1.29, 1.82) is 0 Å². The fourth-order valence-corrected chi connectivity index (χ4v) is 11.4. The monoisotopic (exact) mass is 618 g/mol. The van der Waals surface area contributed by atoms with E-state index in [1.54, 1.807) is 11.0 Å². The van der Waals surface area contributed by atoms with E-state index < -0.39 is 0 Å². The van der Waals surface area contributed by atoms with E-state index in [2.05, 4.69) is 152 Å². The van der Waals surface area contributed by atoms with Crippen LogP contribution in [0.4, 0.5) is 11.4 Å². The van der Waals surface area contributed by atoms with E-state index in [9.17, 15) is 0 Å². The first kappa shape index (κ1) is 27.2. The smallest absolute Gasteiger partial charge is 0.248 e. The summed E-state index contributed by atoms with van der Waals surface area (Å²) >= 11 is 0. The quantitative estimate of drug-likeness (QED) is 0.175. The Hall–Kier alpha value is -4.76. The highest BCUT2D eigenvalue weighted by Crippen LogP contribution is 2.64. The molecular weight excluding hydrogens is 579 g/mol. The Bertz CT molecular complexity index is 2460. The normalized spacial score (nSPS) is 24.4. The Morgan fingerprint density at radius 3 is 2.15 bits per heavy atom. The minimum Gasteiger partial charge on any atom is -0.335 e. The zero-order valence-corrected chi connectivity index (χ0v) is 28.3. The Morgan fingerprint density at radius 2 is 1.35 bits per heavy atom. The Labute approximate surface area is 283 Å². The third-order valence-electron chi connectivity index (χ3n) is 13.5. The average molecular weight is 619 g/mol. The molecule has 0 radical (unpaired) electrons. The van der Waals surface area contributed by atoms with Gasteiger partial charge in [-0.05, 0) is 65.1 Å². The predicted octanol–water partition coefficient (Wildman–Crippen LogP) is 9.87. The van der Waals surface area contributed by atoms with E-state index in [4.69, 9.17) is 0 Å². The first-order chi connectivity index (χ1) is 23.4. The maximum Gasteiger partial charge on any atom is 0.248 e. The minimum absolute atomic E-state index is 0.0399. The molecule has 2 atom stereocenters. The van der Waals surface area contributed by atoms with Crippen molar-refractivity contribution in [2.75, 3.05) is 4.90 Å². The van der Waals surface area contributed by atoms with Gasteiger partial charge in [-0.1, -0.05) is 142 Å². The van der Waals surface area contributed by atoms with Gasteiger partial charge >= 0.3 is 0 Å². The molecule has 0 amide bonds. The van der Waals surface area contributed by atoms with E-state index in [1.807, 2.05) is 0 Å². The average Bonchev–Trinajstić information content (AvgIpc) is 3.66. The van der Waals surface area contributed by atoms with Crippen LogP contribution in [0.15, 0.2) is 121 Å². The second-order valence-electron chi connectivity index (χ2n) is 15.9. The molecule has 0 spiro atoms. The first-order valence-electron chi connectivity index (χ1n) is 18.0. The van der Waals surface area contributed by atoms with Crippen molar-refractivity contribution in [2.45, 2.75) is 64.3 Å². The van der Waals surface area contributed by atoms with E-state index in [0.29, 0.717) is 0 Å². The van der Waals surface area contributed by atoms with E-state index in [0.717, 1.165) is 0 Å². The maximum atomic E-state index is 2.85. The van der Waals surface area contributed by atoms with Gasteiger partial charge in [0.15, 0.2) is 0 Å². The lowest BCUT2D eigenvalue weighted by Crippen LogP contribution is -2.61. The van der Waals surface area contributed by atoms with Crippen LogP contribution >= 0.6 is 0 Å². The Morgan fingerprint density at radius 1 is 0.646 bits per heavy atom. The summed E-state index contributed by atoms with van der Waals surface area (Å²) in [5.41, 5.74) is 18.5. The third kappa shape index (κ3) is 2.92. The summed E-state index contributed by atoms with van der Waals surface area (Å²) in [4.78, 5) is 2.85. The number of aromatic nitrogens is 1. The largest absolute Gasteiger partial charge is 0.335 e. The topological polar surface area (TPSA) is 8.17 Å². The van der Waals surface area contributed by atoms with Crippen molar-refractivity contribution in [3.8, 4) is 0 Å². The van der Waals surface area contributed by atoms with Gasteiger partial charge in [-0.3, -0.25) is 0 Å². The van der Waals surface area contributed by atoms with Crippen molar-refractivity contribution in [3.63, 3.8) is 0 Å². The zero-order chi connectivity index (χ0) is 32.2. The lowest BCUT2D eigenvalue weighted by Gasteiger charge is -2.52. The number of fused-ring (bicyclic) bond motifs is 10. The van der Waals surface area contributed by atoms with E-state index in [-0.39, 0.29) is 23.1 Å². The molecule has 2 aliphatic carbocycles. The highest BCUT2D eigenvalue weighted by atomic mass is 15.3. The molecule has 48 heavy (non-hydrogen) atoms. The third-order valence-corrected chi connectivity index (χ3v) is 13.5. The Kier molecular flexibility index (Phi) is 5.00. The van der Waals surface area contributed by atoms with Gasteiger partial charge in [0, 0.05) is 44.2 Å². The summed E-state index contributed by atoms with van der Waals surface area (Å²) in [5.74, 6) is 0. The molecule has 5 aliphatic rings. The van der Waals surface area contributed by atoms with Crippen LogP contribution in [0.5, 0.6) is 0 Å². The summed E-state index contributed by atoms with van der Waals surface area (Å²) in [6.07, 6.45) is 5.07. The molecule has 1 saturated carbocycles. The van der Waals surface area contributed by atoms with Crippen LogP contribution in [0.25, 0.3) is 38.6 Å². The van der Waals surface area contributed by atoms with Gasteiger partial charge in [-0.15, -0.1) is 0 Å². The van der Waals surface area contributed by atoms with Crippen LogP contribution < -0.4 is 15.8 Å². The van der Waals surface area contributed by atoms with Crippen molar-refractivity contribution >= 4 is 67.7 Å². The van der Waals surface area contributed by atoms with Gasteiger partial charge < -0.3 is 9.47 Å². The molecule has 4 heterocycles. The van der Waals surface area contributed by atoms with Crippen LogP contribution in [0.1, 0.15) is 70.1 Å². The fraction of sp³-hybridized carbons (Fsp3) is 0.244. The van der Waals surface area contributed by atoms with Gasteiger partial charge in [0.05, 0.1) is 16.6 Å². The molecular formula is C45H39BN2. The summed E-state index contributed by atoms with van der Waals surface area (Å²) < 4.78 is 2.70. The van der Waals surface area contributed by atoms with Crippen molar-refractivity contribution in [1.82, 2.24) is 4.57 Å². The molecule has 2 nitrogen and oxygen atoms in total. The minimum atomic E-state index is -0.223. The molecule has 2 unspecified atom stereocenters. The lowest BCUT2D eigenvalue weighted by atomic mass is 9.30. The van der Waals surface area contributed by atoms with Gasteiger partial charge in [0.1, 0.15) is 0 Å². The number of allylic oxidation sites excluding steroid dienone is 4. The van der Waals surface area contributed by atoms with Crippen molar-refractivity contribution in [2.24, 2.45) is 5.41 Å². The molecule has 5 aromatic carbocycles. The number of benzene rings is 5. The first-order valence-corrected chi connectivity index (χ1v) is 18.0. The molecule has 232 valence electrons. The van der Waals surface area contributed by atoms with Crippen LogP contribution in [-0.4, -0.2) is 16.8 Å². The summed E-state index contributed by atoms with van der Waals surface area (Å²) in [6.45, 7) is 10.4. The van der Waals surface area contributed by atoms with Crippen LogP contribution in [0, 0.1) is 5.41 Å². The second kappa shape index (κ2) is 8.82. The molecule has 0 saturated heterocycles.